The Kier molecular flexibility index (Phi) is 5.17. The number of rotatable bonds is 4. The SMILES string of the molecule is COC(=O)c1cc(NCC(=O)N(C)C)c(Br)cc1N. The maximum Gasteiger partial charge on any atom is 0.340 e. The second-order valence-electron chi connectivity index (χ2n) is 4.05. The third-order valence-corrected chi connectivity index (χ3v) is 3.13. The molecule has 0 aromatic heterocycles. The van der Waals surface area contributed by atoms with Gasteiger partial charge in [-0.25, -0.2) is 4.79 Å². The molecular formula is C12H16BrN3O3. The van der Waals surface area contributed by atoms with Gasteiger partial charge in [-0.1, -0.05) is 0 Å². The Balaban J connectivity index is 2.95. The summed E-state index contributed by atoms with van der Waals surface area (Å²) >= 11 is 3.32. The summed E-state index contributed by atoms with van der Waals surface area (Å²) in [5.74, 6) is -0.602. The number of hydrogen-bond acceptors (Lipinski definition) is 5. The molecule has 0 heterocycles. The predicted molar refractivity (Wildman–Crippen MR) is 77.1 cm³/mol. The van der Waals surface area contributed by atoms with E-state index in [0.29, 0.717) is 15.8 Å². The number of halogens is 1. The molecule has 104 valence electrons. The van der Waals surface area contributed by atoms with Gasteiger partial charge in [0.1, 0.15) is 0 Å². The first-order valence-electron chi connectivity index (χ1n) is 5.48. The summed E-state index contributed by atoms with van der Waals surface area (Å²) in [6.45, 7) is 0.121. The number of carbonyl (C=O) groups is 2. The molecule has 0 unspecified atom stereocenters. The van der Waals surface area contributed by atoms with Crippen molar-refractivity contribution in [3.63, 3.8) is 0 Å². The van der Waals surface area contributed by atoms with Crippen molar-refractivity contribution in [3.8, 4) is 0 Å². The van der Waals surface area contributed by atoms with Crippen LogP contribution < -0.4 is 11.1 Å². The van der Waals surface area contributed by atoms with E-state index in [4.69, 9.17) is 5.73 Å². The average molecular weight is 330 g/mol. The fourth-order valence-electron chi connectivity index (χ4n) is 1.34. The number of benzene rings is 1. The van der Waals surface area contributed by atoms with Crippen molar-refractivity contribution in [3.05, 3.63) is 22.2 Å². The highest BCUT2D eigenvalue weighted by Crippen LogP contribution is 2.28. The molecule has 0 atom stereocenters. The van der Waals surface area contributed by atoms with Gasteiger partial charge in [-0.05, 0) is 28.1 Å². The lowest BCUT2D eigenvalue weighted by Crippen LogP contribution is -2.28. The van der Waals surface area contributed by atoms with Gasteiger partial charge >= 0.3 is 5.97 Å². The molecule has 0 saturated heterocycles. The van der Waals surface area contributed by atoms with E-state index in [2.05, 4.69) is 26.0 Å². The number of methoxy groups -OCH3 is 1. The molecule has 1 amide bonds. The number of nitrogens with two attached hydrogens (primary N) is 1. The Morgan fingerprint density at radius 2 is 2.05 bits per heavy atom. The van der Waals surface area contributed by atoms with Crippen LogP contribution in [-0.4, -0.2) is 44.5 Å². The highest BCUT2D eigenvalue weighted by Gasteiger charge is 2.14. The highest BCUT2D eigenvalue weighted by molar-refractivity contribution is 9.10. The lowest BCUT2D eigenvalue weighted by molar-refractivity contribution is -0.126. The molecule has 1 aromatic carbocycles. The molecule has 0 saturated carbocycles. The molecule has 0 aliphatic carbocycles. The van der Waals surface area contributed by atoms with Crippen LogP contribution >= 0.6 is 15.9 Å². The van der Waals surface area contributed by atoms with Gasteiger partial charge < -0.3 is 20.7 Å². The van der Waals surface area contributed by atoms with E-state index in [1.165, 1.54) is 12.0 Å². The predicted octanol–water partition coefficient (Wildman–Crippen LogP) is 1.32. The molecule has 3 N–H and O–H groups in total. The molecule has 6 nitrogen and oxygen atoms in total. The number of ether oxygens (including phenoxy) is 1. The van der Waals surface area contributed by atoms with Crippen LogP contribution in [0.2, 0.25) is 0 Å². The number of amides is 1. The zero-order chi connectivity index (χ0) is 14.6. The van der Waals surface area contributed by atoms with Crippen LogP contribution in [0.4, 0.5) is 11.4 Å². The zero-order valence-electron chi connectivity index (χ0n) is 11.0. The minimum atomic E-state index is -0.521. The third kappa shape index (κ3) is 3.85. The molecule has 0 bridgehead atoms. The van der Waals surface area contributed by atoms with Gasteiger partial charge in [0.05, 0.1) is 19.2 Å². The molecule has 0 spiro atoms. The number of esters is 1. The molecule has 7 heteroatoms. The van der Waals surface area contributed by atoms with E-state index < -0.39 is 5.97 Å². The minimum absolute atomic E-state index is 0.0802. The highest BCUT2D eigenvalue weighted by atomic mass is 79.9. The van der Waals surface area contributed by atoms with Crippen molar-refractivity contribution in [2.45, 2.75) is 0 Å². The summed E-state index contributed by atoms with van der Waals surface area (Å²) in [6.07, 6.45) is 0. The largest absolute Gasteiger partial charge is 0.465 e. The summed E-state index contributed by atoms with van der Waals surface area (Å²) in [5, 5.41) is 2.94. The molecule has 0 aliphatic heterocycles. The van der Waals surface area contributed by atoms with E-state index >= 15 is 0 Å². The summed E-state index contributed by atoms with van der Waals surface area (Å²) in [7, 11) is 4.62. The maximum absolute atomic E-state index is 11.5. The Labute approximate surface area is 120 Å². The first-order chi connectivity index (χ1) is 8.86. The van der Waals surface area contributed by atoms with Gasteiger partial charge in [-0.3, -0.25) is 4.79 Å². The van der Waals surface area contributed by atoms with Crippen molar-refractivity contribution < 1.29 is 14.3 Å². The van der Waals surface area contributed by atoms with Gasteiger partial charge in [0.25, 0.3) is 0 Å². The van der Waals surface area contributed by atoms with E-state index in [-0.39, 0.29) is 18.0 Å². The average Bonchev–Trinajstić information content (AvgIpc) is 2.36. The molecule has 0 fully saturated rings. The Bertz CT molecular complexity index is 503. The van der Waals surface area contributed by atoms with Crippen LogP contribution in [0.25, 0.3) is 0 Å². The van der Waals surface area contributed by atoms with Crippen molar-refractivity contribution in [1.29, 1.82) is 0 Å². The van der Waals surface area contributed by atoms with Crippen molar-refractivity contribution in [1.82, 2.24) is 4.90 Å². The Morgan fingerprint density at radius 3 is 2.58 bits per heavy atom. The summed E-state index contributed by atoms with van der Waals surface area (Å²) in [6, 6.07) is 3.14. The summed E-state index contributed by atoms with van der Waals surface area (Å²) < 4.78 is 5.31. The molecular weight excluding hydrogens is 314 g/mol. The van der Waals surface area contributed by atoms with Crippen LogP contribution in [0.5, 0.6) is 0 Å². The van der Waals surface area contributed by atoms with Crippen LogP contribution in [-0.2, 0) is 9.53 Å². The van der Waals surface area contributed by atoms with Crippen LogP contribution in [0.15, 0.2) is 16.6 Å². The second-order valence-corrected chi connectivity index (χ2v) is 4.91. The van der Waals surface area contributed by atoms with E-state index in [9.17, 15) is 9.59 Å². The van der Waals surface area contributed by atoms with Gasteiger partial charge in [-0.15, -0.1) is 0 Å². The van der Waals surface area contributed by atoms with Crippen LogP contribution in [0.1, 0.15) is 10.4 Å². The smallest absolute Gasteiger partial charge is 0.340 e. The lowest BCUT2D eigenvalue weighted by Gasteiger charge is -2.14. The normalized spacial score (nSPS) is 9.89. The maximum atomic E-state index is 11.5. The standard InChI is InChI=1S/C12H16BrN3O3/c1-16(2)11(17)6-15-10-4-7(12(18)19-3)9(14)5-8(10)13/h4-5,15H,6,14H2,1-3H3. The van der Waals surface area contributed by atoms with Gasteiger partial charge in [0.15, 0.2) is 0 Å². The van der Waals surface area contributed by atoms with E-state index in [1.54, 1.807) is 26.2 Å². The summed E-state index contributed by atoms with van der Waals surface area (Å²) in [5.41, 5.74) is 6.90. The van der Waals surface area contributed by atoms with Crippen LogP contribution in [0, 0.1) is 0 Å². The third-order valence-electron chi connectivity index (χ3n) is 2.47. The minimum Gasteiger partial charge on any atom is -0.465 e. The number of anilines is 2. The molecule has 0 aliphatic rings. The van der Waals surface area contributed by atoms with Crippen molar-refractivity contribution >= 4 is 39.2 Å². The quantitative estimate of drug-likeness (QED) is 0.642. The topological polar surface area (TPSA) is 84.7 Å². The number of likely N-dealkylation sites (N-methyl/N-ethyl adjacent to an activating group) is 1. The molecule has 1 aromatic rings. The molecule has 1 rings (SSSR count). The fraction of sp³-hybridized carbons (Fsp3) is 0.333. The number of nitrogen functional groups attached to an aromatic ring is 1. The van der Waals surface area contributed by atoms with Gasteiger partial charge in [0.2, 0.25) is 5.91 Å². The first kappa shape index (κ1) is 15.3. The van der Waals surface area contributed by atoms with Gasteiger partial charge in [0, 0.05) is 29.9 Å². The number of hydrogen-bond donors (Lipinski definition) is 2. The number of nitrogens with one attached hydrogen (secondary N) is 1. The lowest BCUT2D eigenvalue weighted by atomic mass is 10.1. The fourth-order valence-corrected chi connectivity index (χ4v) is 1.84. The van der Waals surface area contributed by atoms with Crippen molar-refractivity contribution in [2.24, 2.45) is 0 Å². The first-order valence-corrected chi connectivity index (χ1v) is 6.27. The molecule has 19 heavy (non-hydrogen) atoms. The Hall–Kier alpha value is -1.76. The second kappa shape index (κ2) is 6.42. The summed E-state index contributed by atoms with van der Waals surface area (Å²) in [4.78, 5) is 24.5. The van der Waals surface area contributed by atoms with E-state index in [0.717, 1.165) is 0 Å². The van der Waals surface area contributed by atoms with Crippen LogP contribution in [0.3, 0.4) is 0 Å². The zero-order valence-corrected chi connectivity index (χ0v) is 12.6. The van der Waals surface area contributed by atoms with E-state index in [1.807, 2.05) is 0 Å². The van der Waals surface area contributed by atoms with Crippen molar-refractivity contribution in [2.75, 3.05) is 38.8 Å². The number of carbonyl (C=O) groups excluding carboxylic acids is 2. The Morgan fingerprint density at radius 1 is 1.42 bits per heavy atom. The molecule has 0 radical (unpaired) electrons. The van der Waals surface area contributed by atoms with Gasteiger partial charge in [-0.2, -0.15) is 0 Å². The monoisotopic (exact) mass is 329 g/mol. The number of nitrogens with zero attached hydrogens (tertiary/aromatic N) is 1.